The highest BCUT2D eigenvalue weighted by molar-refractivity contribution is 9.11. The normalized spacial score (nSPS) is 11.4. The highest BCUT2D eigenvalue weighted by atomic mass is 79.9. The van der Waals surface area contributed by atoms with Crippen molar-refractivity contribution in [2.75, 3.05) is 13.1 Å². The molecule has 1 heterocycles. The fourth-order valence-corrected chi connectivity index (χ4v) is 7.01. The van der Waals surface area contributed by atoms with Crippen LogP contribution in [0.5, 0.6) is 5.75 Å². The first-order chi connectivity index (χ1) is 19.5. The molecule has 41 heavy (non-hydrogen) atoms. The molecule has 0 bridgehead atoms. The number of carboxylic acids is 1. The summed E-state index contributed by atoms with van der Waals surface area (Å²) in [6.45, 7) is 6.74. The minimum atomic E-state index is -3.53. The number of benzene rings is 3. The van der Waals surface area contributed by atoms with Crippen molar-refractivity contribution >= 4 is 64.6 Å². The van der Waals surface area contributed by atoms with Gasteiger partial charge in [0.05, 0.1) is 25.0 Å². The van der Waals surface area contributed by atoms with Gasteiger partial charge in [0.1, 0.15) is 17.1 Å². The number of aryl methyl sites for hydroxylation is 1. The van der Waals surface area contributed by atoms with E-state index in [4.69, 9.17) is 9.52 Å². The maximum absolute atomic E-state index is 12.9. The number of ketones is 1. The minimum absolute atomic E-state index is 0.0734. The molecule has 0 radical (unpaired) electrons. The lowest BCUT2D eigenvalue weighted by molar-refractivity contribution is 0.0696. The van der Waals surface area contributed by atoms with Crippen molar-refractivity contribution in [1.29, 1.82) is 0 Å². The second kappa shape index (κ2) is 14.3. The van der Waals surface area contributed by atoms with Gasteiger partial charge in [-0.1, -0.05) is 39.0 Å². The lowest BCUT2D eigenvalue weighted by atomic mass is 9.99. The van der Waals surface area contributed by atoms with E-state index in [9.17, 15) is 23.1 Å². The van der Waals surface area contributed by atoms with Crippen LogP contribution in [0.15, 0.2) is 78.9 Å². The third-order valence-electron chi connectivity index (χ3n) is 6.18. The molecule has 0 atom stereocenters. The summed E-state index contributed by atoms with van der Waals surface area (Å²) in [5.41, 5.74) is 1.86. The summed E-state index contributed by atoms with van der Waals surface area (Å²) in [6, 6.07) is 16.0. The van der Waals surface area contributed by atoms with Gasteiger partial charge in [-0.15, -0.1) is 0 Å². The number of rotatable bonds is 10. The van der Waals surface area contributed by atoms with Crippen molar-refractivity contribution in [2.45, 2.75) is 44.9 Å². The number of halogens is 2. The largest absolute Gasteiger partial charge is 0.506 e. The second-order valence-corrected chi connectivity index (χ2v) is 12.7. The molecule has 0 fully saturated rings. The molecular weight excluding hydrogens is 678 g/mol. The Labute approximate surface area is 256 Å². The lowest BCUT2D eigenvalue weighted by Gasteiger charge is -2.20. The van der Waals surface area contributed by atoms with E-state index in [1.165, 1.54) is 28.6 Å². The fraction of sp³-hybridized carbons (Fsp3) is 0.267. The minimum Gasteiger partial charge on any atom is -0.506 e. The van der Waals surface area contributed by atoms with Crippen molar-refractivity contribution in [1.82, 2.24) is 4.31 Å². The van der Waals surface area contributed by atoms with Crippen LogP contribution in [-0.4, -0.2) is 47.8 Å². The van der Waals surface area contributed by atoms with Gasteiger partial charge in [-0.05, 0) is 87.2 Å². The average Bonchev–Trinajstić information content (AvgIpc) is 3.34. The van der Waals surface area contributed by atoms with Crippen LogP contribution < -0.4 is 0 Å². The third-order valence-corrected chi connectivity index (χ3v) is 9.30. The molecular formula is C30H31Br2NO7S. The van der Waals surface area contributed by atoms with Crippen LogP contribution in [-0.2, 0) is 16.4 Å². The Kier molecular flexibility index (Phi) is 11.3. The number of carbonyl (C=O) groups is 2. The summed E-state index contributed by atoms with van der Waals surface area (Å²) in [4.78, 5) is 23.8. The van der Waals surface area contributed by atoms with Crippen LogP contribution in [0, 0.1) is 0 Å². The highest BCUT2D eigenvalue weighted by Gasteiger charge is 2.24. The first-order valence-corrected chi connectivity index (χ1v) is 16.0. The van der Waals surface area contributed by atoms with Crippen molar-refractivity contribution in [3.05, 3.63) is 92.1 Å². The number of carboxylic acid groups (broad SMARTS) is 1. The van der Waals surface area contributed by atoms with Crippen molar-refractivity contribution in [3.8, 4) is 5.75 Å². The molecule has 0 spiro atoms. The van der Waals surface area contributed by atoms with Crippen molar-refractivity contribution < 1.29 is 32.6 Å². The smallest absolute Gasteiger partial charge is 0.335 e. The molecule has 8 nitrogen and oxygen atoms in total. The fourth-order valence-electron chi connectivity index (χ4n) is 4.20. The predicted molar refractivity (Wildman–Crippen MR) is 165 cm³/mol. The van der Waals surface area contributed by atoms with E-state index in [0.29, 0.717) is 50.9 Å². The molecule has 0 aliphatic rings. The molecule has 3 aromatic carbocycles. The van der Waals surface area contributed by atoms with Crippen molar-refractivity contribution in [2.24, 2.45) is 0 Å². The predicted octanol–water partition coefficient (Wildman–Crippen LogP) is 7.65. The molecule has 0 unspecified atom stereocenters. The van der Waals surface area contributed by atoms with Crippen LogP contribution in [0.2, 0.25) is 0 Å². The van der Waals surface area contributed by atoms with E-state index in [1.54, 1.807) is 12.1 Å². The van der Waals surface area contributed by atoms with Gasteiger partial charge in [0.15, 0.2) is 5.78 Å². The van der Waals surface area contributed by atoms with Gasteiger partial charge in [-0.3, -0.25) is 4.79 Å². The van der Waals surface area contributed by atoms with E-state index in [1.807, 2.05) is 45.0 Å². The number of carbonyl (C=O) groups excluding carboxylic acids is 1. The molecule has 0 aliphatic heterocycles. The summed E-state index contributed by atoms with van der Waals surface area (Å²) < 4.78 is 32.9. The van der Waals surface area contributed by atoms with E-state index in [-0.39, 0.29) is 22.0 Å². The summed E-state index contributed by atoms with van der Waals surface area (Å²) in [5, 5.41) is 19.4. The Morgan fingerprint density at radius 3 is 1.95 bits per heavy atom. The number of sulfonamides is 1. The molecule has 2 N–H and O–H groups in total. The molecule has 0 amide bonds. The summed E-state index contributed by atoms with van der Waals surface area (Å²) >= 11 is 6.52. The Balaban J connectivity index is 0.000000229. The number of phenols is 1. The molecule has 0 saturated heterocycles. The first-order valence-electron chi connectivity index (χ1n) is 13.0. The summed E-state index contributed by atoms with van der Waals surface area (Å²) in [5.74, 6) is -0.443. The van der Waals surface area contributed by atoms with Gasteiger partial charge >= 0.3 is 5.97 Å². The average molecular weight is 709 g/mol. The van der Waals surface area contributed by atoms with Gasteiger partial charge in [0.25, 0.3) is 0 Å². The quantitative estimate of drug-likeness (QED) is 0.162. The maximum atomic E-state index is 12.9. The zero-order valence-corrected chi connectivity index (χ0v) is 26.8. The maximum Gasteiger partial charge on any atom is 0.335 e. The van der Waals surface area contributed by atoms with E-state index in [0.717, 1.165) is 18.2 Å². The van der Waals surface area contributed by atoms with Gasteiger partial charge in [-0.2, -0.15) is 4.31 Å². The first kappa shape index (κ1) is 32.5. The molecule has 0 aliphatic carbocycles. The van der Waals surface area contributed by atoms with Gasteiger partial charge in [0.2, 0.25) is 10.0 Å². The van der Waals surface area contributed by atoms with Gasteiger partial charge in [0, 0.05) is 30.5 Å². The number of aromatic carboxylic acids is 1. The lowest BCUT2D eigenvalue weighted by Crippen LogP contribution is -2.32. The second-order valence-electron chi connectivity index (χ2n) is 9.10. The Hall–Kier alpha value is -2.99. The summed E-state index contributed by atoms with van der Waals surface area (Å²) in [7, 11) is -3.53. The number of aromatic hydroxyl groups is 1. The molecule has 4 aromatic rings. The Morgan fingerprint density at radius 1 is 0.878 bits per heavy atom. The van der Waals surface area contributed by atoms with Gasteiger partial charge < -0.3 is 14.6 Å². The SMILES string of the molecule is CCCN(CCC)S(=O)(=O)c1ccc(C(=O)O)cc1.CCc1oc2ccccc2c1C(=O)c1cc(Br)c(O)c(Br)c1. The topological polar surface area (TPSA) is 125 Å². The van der Waals surface area contributed by atoms with Crippen LogP contribution in [0.4, 0.5) is 0 Å². The number of fused-ring (bicyclic) bond motifs is 1. The zero-order chi connectivity index (χ0) is 30.3. The third kappa shape index (κ3) is 7.45. The number of hydrogen-bond acceptors (Lipinski definition) is 6. The van der Waals surface area contributed by atoms with Gasteiger partial charge in [-0.25, -0.2) is 13.2 Å². The molecule has 0 saturated carbocycles. The van der Waals surface area contributed by atoms with E-state index in [2.05, 4.69) is 31.9 Å². The molecule has 4 rings (SSSR count). The van der Waals surface area contributed by atoms with Crippen LogP contribution in [0.25, 0.3) is 11.0 Å². The van der Waals surface area contributed by atoms with Crippen LogP contribution >= 0.6 is 31.9 Å². The Bertz CT molecular complexity index is 1620. The number of para-hydroxylation sites is 1. The van der Waals surface area contributed by atoms with E-state index >= 15 is 0 Å². The number of nitrogens with zero attached hydrogens (tertiary/aromatic N) is 1. The van der Waals surface area contributed by atoms with Crippen molar-refractivity contribution in [3.63, 3.8) is 0 Å². The number of hydrogen-bond donors (Lipinski definition) is 2. The molecule has 218 valence electrons. The zero-order valence-electron chi connectivity index (χ0n) is 22.9. The van der Waals surface area contributed by atoms with Crippen LogP contribution in [0.3, 0.4) is 0 Å². The Morgan fingerprint density at radius 2 is 1.44 bits per heavy atom. The van der Waals surface area contributed by atoms with E-state index < -0.39 is 16.0 Å². The monoisotopic (exact) mass is 707 g/mol. The number of phenolic OH excluding ortho intramolecular Hbond substituents is 1. The molecule has 11 heteroatoms. The summed E-state index contributed by atoms with van der Waals surface area (Å²) in [6.07, 6.45) is 2.12. The number of furan rings is 1. The standard InChI is InChI=1S/C17H12Br2O3.C13H19NO4S/c1-2-13-15(10-5-3-4-6-14(10)22-13)16(20)9-7-11(18)17(21)12(19)8-9;1-3-9-14(10-4-2)19(17,18)12-7-5-11(6-8-12)13(15)16/h3-8,21H,2H2,1H3;5-8H,3-4,9-10H2,1-2H3,(H,15,16). The highest BCUT2D eigenvalue weighted by Crippen LogP contribution is 2.35. The van der Waals surface area contributed by atoms with Crippen LogP contribution in [0.1, 0.15) is 65.7 Å². The molecule has 1 aromatic heterocycles.